The average Bonchev–Trinajstić information content (AvgIpc) is 2.48. The molecule has 1 aliphatic heterocycles. The first-order valence-electron chi connectivity index (χ1n) is 7.57. The Labute approximate surface area is 136 Å². The maximum Gasteiger partial charge on any atom is 0.228 e. The van der Waals surface area contributed by atoms with Crippen molar-refractivity contribution in [2.24, 2.45) is 0 Å². The number of rotatable bonds is 4. The predicted octanol–water partition coefficient (Wildman–Crippen LogP) is 3.00. The summed E-state index contributed by atoms with van der Waals surface area (Å²) in [5, 5.41) is 2.86. The van der Waals surface area contributed by atoms with E-state index < -0.39 is 0 Å². The van der Waals surface area contributed by atoms with Crippen LogP contribution in [0.1, 0.15) is 26.3 Å². The van der Waals surface area contributed by atoms with Crippen LogP contribution in [0.15, 0.2) is 42.2 Å². The number of benzene rings is 1. The lowest BCUT2D eigenvalue weighted by molar-refractivity contribution is -0.119. The zero-order valence-corrected chi connectivity index (χ0v) is 14.0. The van der Waals surface area contributed by atoms with Crippen molar-refractivity contribution < 1.29 is 13.9 Å². The highest BCUT2D eigenvalue weighted by Gasteiger charge is 2.19. The predicted molar refractivity (Wildman–Crippen MR) is 88.5 cm³/mol. The standard InChI is InChI=1S/C18H23FN2O2/c1-18(2,3)21-9-7-15(8-10-21)20-17(22)11-13-5-6-14(19)12-16(13)23-4/h5-9,12H,10-11H2,1-4H3,(H,20,22). The van der Waals surface area contributed by atoms with Crippen LogP contribution < -0.4 is 10.1 Å². The minimum Gasteiger partial charge on any atom is -0.496 e. The molecule has 1 aromatic rings. The normalized spacial score (nSPS) is 14.5. The van der Waals surface area contributed by atoms with E-state index in [1.165, 1.54) is 19.2 Å². The summed E-state index contributed by atoms with van der Waals surface area (Å²) >= 11 is 0. The van der Waals surface area contributed by atoms with Gasteiger partial charge < -0.3 is 15.0 Å². The van der Waals surface area contributed by atoms with Gasteiger partial charge in [0.1, 0.15) is 11.6 Å². The topological polar surface area (TPSA) is 41.6 Å². The van der Waals surface area contributed by atoms with E-state index >= 15 is 0 Å². The second-order valence-electron chi connectivity index (χ2n) is 6.48. The highest BCUT2D eigenvalue weighted by molar-refractivity contribution is 5.81. The summed E-state index contributed by atoms with van der Waals surface area (Å²) in [7, 11) is 1.46. The van der Waals surface area contributed by atoms with Crippen LogP contribution in [-0.4, -0.2) is 30.0 Å². The monoisotopic (exact) mass is 318 g/mol. The molecule has 5 heteroatoms. The summed E-state index contributed by atoms with van der Waals surface area (Å²) in [6.45, 7) is 7.15. The van der Waals surface area contributed by atoms with Crippen LogP contribution in [0.2, 0.25) is 0 Å². The molecule has 1 amide bonds. The van der Waals surface area contributed by atoms with Gasteiger partial charge in [-0.25, -0.2) is 4.39 Å². The van der Waals surface area contributed by atoms with Gasteiger partial charge >= 0.3 is 0 Å². The Morgan fingerprint density at radius 1 is 1.39 bits per heavy atom. The van der Waals surface area contributed by atoms with E-state index in [2.05, 4.69) is 31.0 Å². The summed E-state index contributed by atoms with van der Waals surface area (Å²) in [6.07, 6.45) is 5.98. The quantitative estimate of drug-likeness (QED) is 0.928. The van der Waals surface area contributed by atoms with Crippen LogP contribution in [0.3, 0.4) is 0 Å². The van der Waals surface area contributed by atoms with Crippen molar-refractivity contribution in [1.29, 1.82) is 0 Å². The molecule has 0 aliphatic carbocycles. The fourth-order valence-electron chi connectivity index (χ4n) is 2.33. The molecule has 0 radical (unpaired) electrons. The third-order valence-electron chi connectivity index (χ3n) is 3.69. The number of hydrogen-bond donors (Lipinski definition) is 1. The van der Waals surface area contributed by atoms with Crippen LogP contribution in [0.4, 0.5) is 4.39 Å². The van der Waals surface area contributed by atoms with E-state index in [1.54, 1.807) is 6.07 Å². The van der Waals surface area contributed by atoms with E-state index in [0.717, 1.165) is 12.2 Å². The number of halogens is 1. The summed E-state index contributed by atoms with van der Waals surface area (Å²) in [5.41, 5.74) is 1.48. The maximum atomic E-state index is 13.2. The fraction of sp³-hybridized carbons (Fsp3) is 0.389. The summed E-state index contributed by atoms with van der Waals surface area (Å²) in [4.78, 5) is 14.3. The zero-order chi connectivity index (χ0) is 17.0. The van der Waals surface area contributed by atoms with E-state index in [0.29, 0.717) is 11.3 Å². The van der Waals surface area contributed by atoms with E-state index in [4.69, 9.17) is 4.74 Å². The van der Waals surface area contributed by atoms with Gasteiger partial charge in [-0.2, -0.15) is 0 Å². The van der Waals surface area contributed by atoms with Gasteiger partial charge in [-0.1, -0.05) is 6.07 Å². The van der Waals surface area contributed by atoms with E-state index in [9.17, 15) is 9.18 Å². The number of nitrogens with zero attached hydrogens (tertiary/aromatic N) is 1. The molecular weight excluding hydrogens is 295 g/mol. The first-order valence-corrected chi connectivity index (χ1v) is 7.57. The van der Waals surface area contributed by atoms with Crippen molar-refractivity contribution >= 4 is 5.91 Å². The number of ether oxygens (including phenoxy) is 1. The van der Waals surface area contributed by atoms with Crippen LogP contribution in [-0.2, 0) is 11.2 Å². The molecule has 0 unspecified atom stereocenters. The fourth-order valence-corrected chi connectivity index (χ4v) is 2.33. The lowest BCUT2D eigenvalue weighted by Gasteiger charge is -2.35. The number of carbonyl (C=O) groups excluding carboxylic acids is 1. The molecule has 0 saturated heterocycles. The molecular formula is C18H23FN2O2. The summed E-state index contributed by atoms with van der Waals surface area (Å²) < 4.78 is 18.3. The minimum atomic E-state index is -0.383. The third kappa shape index (κ3) is 4.58. The molecule has 1 aromatic carbocycles. The van der Waals surface area contributed by atoms with Crippen LogP contribution in [0, 0.1) is 5.82 Å². The minimum absolute atomic E-state index is 0.0457. The second-order valence-corrected chi connectivity index (χ2v) is 6.48. The molecule has 0 bridgehead atoms. The first kappa shape index (κ1) is 17.1. The SMILES string of the molecule is COc1cc(F)ccc1CC(=O)NC1=CCN(C(C)(C)C)C=C1. The molecule has 2 rings (SSSR count). The van der Waals surface area contributed by atoms with Gasteiger partial charge in [0.25, 0.3) is 0 Å². The van der Waals surface area contributed by atoms with Gasteiger partial charge in [-0.05, 0) is 39.0 Å². The third-order valence-corrected chi connectivity index (χ3v) is 3.69. The Morgan fingerprint density at radius 3 is 2.70 bits per heavy atom. The summed E-state index contributed by atoms with van der Waals surface area (Å²) in [6, 6.07) is 4.18. The van der Waals surface area contributed by atoms with Crippen LogP contribution >= 0.6 is 0 Å². The van der Waals surface area contributed by atoms with Gasteiger partial charge in [0.2, 0.25) is 5.91 Å². The van der Waals surface area contributed by atoms with Gasteiger partial charge in [0, 0.05) is 35.6 Å². The smallest absolute Gasteiger partial charge is 0.228 e. The first-order chi connectivity index (χ1) is 10.8. The largest absolute Gasteiger partial charge is 0.496 e. The molecule has 0 aromatic heterocycles. The van der Waals surface area contributed by atoms with Gasteiger partial charge in [0.15, 0.2) is 0 Å². The van der Waals surface area contributed by atoms with Crippen LogP contribution in [0.5, 0.6) is 5.75 Å². The van der Waals surface area contributed by atoms with Gasteiger partial charge in [-0.15, -0.1) is 0 Å². The van der Waals surface area contributed by atoms with Gasteiger partial charge in [-0.3, -0.25) is 4.79 Å². The highest BCUT2D eigenvalue weighted by Crippen LogP contribution is 2.21. The lowest BCUT2D eigenvalue weighted by atomic mass is 10.1. The average molecular weight is 318 g/mol. The number of carbonyl (C=O) groups is 1. The summed E-state index contributed by atoms with van der Waals surface area (Å²) in [5.74, 6) is -0.159. The molecule has 4 nitrogen and oxygen atoms in total. The molecule has 0 saturated carbocycles. The Bertz CT molecular complexity index is 645. The molecule has 1 aliphatic rings. The molecule has 0 atom stereocenters. The zero-order valence-electron chi connectivity index (χ0n) is 14.0. The number of methoxy groups -OCH3 is 1. The van der Waals surface area contributed by atoms with Crippen LogP contribution in [0.25, 0.3) is 0 Å². The highest BCUT2D eigenvalue weighted by atomic mass is 19.1. The molecule has 0 spiro atoms. The van der Waals surface area contributed by atoms with Crippen molar-refractivity contribution in [1.82, 2.24) is 10.2 Å². The van der Waals surface area contributed by atoms with Gasteiger partial charge in [0.05, 0.1) is 13.5 Å². The van der Waals surface area contributed by atoms with Crippen molar-refractivity contribution in [2.45, 2.75) is 32.7 Å². The number of hydrogen-bond acceptors (Lipinski definition) is 3. The second kappa shape index (κ2) is 6.86. The Morgan fingerprint density at radius 2 is 2.13 bits per heavy atom. The molecule has 0 fully saturated rings. The van der Waals surface area contributed by atoms with Crippen molar-refractivity contribution in [3.63, 3.8) is 0 Å². The Hall–Kier alpha value is -2.30. The molecule has 1 N–H and O–H groups in total. The maximum absolute atomic E-state index is 13.2. The number of allylic oxidation sites excluding steroid dienone is 1. The molecule has 1 heterocycles. The molecule has 23 heavy (non-hydrogen) atoms. The molecule has 124 valence electrons. The van der Waals surface area contributed by atoms with Crippen molar-refractivity contribution in [2.75, 3.05) is 13.7 Å². The Balaban J connectivity index is 1.97. The Kier molecular flexibility index (Phi) is 5.08. The van der Waals surface area contributed by atoms with Crippen molar-refractivity contribution in [3.05, 3.63) is 53.6 Å². The van der Waals surface area contributed by atoms with E-state index in [1.807, 2.05) is 18.4 Å². The number of nitrogens with one attached hydrogen (secondary N) is 1. The number of amides is 1. The van der Waals surface area contributed by atoms with Crippen molar-refractivity contribution in [3.8, 4) is 5.75 Å². The lowest BCUT2D eigenvalue weighted by Crippen LogP contribution is -2.39. The van der Waals surface area contributed by atoms with E-state index in [-0.39, 0.29) is 23.7 Å².